The highest BCUT2D eigenvalue weighted by Crippen LogP contribution is 2.30. The molecule has 1 aromatic carbocycles. The van der Waals surface area contributed by atoms with Crippen molar-refractivity contribution in [1.29, 1.82) is 0 Å². The Labute approximate surface area is 111 Å². The Kier molecular flexibility index (Phi) is 3.88. The summed E-state index contributed by atoms with van der Waals surface area (Å²) in [6.07, 6.45) is 7.51. The molecule has 0 atom stereocenters. The summed E-state index contributed by atoms with van der Waals surface area (Å²) in [4.78, 5) is 13.8. The summed E-state index contributed by atoms with van der Waals surface area (Å²) in [7, 11) is 0. The number of benzene rings is 1. The van der Waals surface area contributed by atoms with Crippen LogP contribution in [0.5, 0.6) is 0 Å². The molecule has 0 N–H and O–H groups in total. The van der Waals surface area contributed by atoms with Crippen molar-refractivity contribution in [3.05, 3.63) is 34.6 Å². The van der Waals surface area contributed by atoms with Crippen LogP contribution in [0.2, 0.25) is 5.02 Å². The molecule has 1 fully saturated rings. The molecule has 0 unspecified atom stereocenters. The first-order chi connectivity index (χ1) is 8.61. The van der Waals surface area contributed by atoms with Crippen molar-refractivity contribution in [1.82, 2.24) is 4.90 Å². The van der Waals surface area contributed by atoms with E-state index in [-0.39, 0.29) is 23.0 Å². The summed E-state index contributed by atoms with van der Waals surface area (Å²) in [5, 5.41) is 0.0113. The van der Waals surface area contributed by atoms with Gasteiger partial charge in [0.05, 0.1) is 11.6 Å². The van der Waals surface area contributed by atoms with Gasteiger partial charge >= 0.3 is 0 Å². The maximum Gasteiger partial charge on any atom is 0.254 e. The van der Waals surface area contributed by atoms with Crippen LogP contribution in [0, 0.1) is 24.1 Å². The van der Waals surface area contributed by atoms with Crippen molar-refractivity contribution < 1.29 is 9.18 Å². The molecule has 0 aliphatic heterocycles. The van der Waals surface area contributed by atoms with Gasteiger partial charge in [-0.2, -0.15) is 0 Å². The number of hydrogen-bond acceptors (Lipinski definition) is 1. The second-order valence-corrected chi connectivity index (χ2v) is 4.87. The second kappa shape index (κ2) is 5.41. The van der Waals surface area contributed by atoms with Gasteiger partial charge in [-0.1, -0.05) is 17.5 Å². The Hall–Kier alpha value is -1.53. The summed E-state index contributed by atoms with van der Waals surface area (Å²) < 4.78 is 13.3. The van der Waals surface area contributed by atoms with Crippen molar-refractivity contribution >= 4 is 17.5 Å². The van der Waals surface area contributed by atoms with E-state index in [1.807, 2.05) is 0 Å². The molecule has 1 aliphatic rings. The van der Waals surface area contributed by atoms with E-state index in [0.717, 1.165) is 18.9 Å². The first-order valence-corrected chi connectivity index (χ1v) is 6.17. The summed E-state index contributed by atoms with van der Waals surface area (Å²) in [6, 6.07) is 4.06. The van der Waals surface area contributed by atoms with Gasteiger partial charge in [0, 0.05) is 12.1 Å². The lowest BCUT2D eigenvalue weighted by Gasteiger charge is -2.20. The van der Waals surface area contributed by atoms with Crippen molar-refractivity contribution in [2.75, 3.05) is 13.1 Å². The Morgan fingerprint density at radius 1 is 1.56 bits per heavy atom. The van der Waals surface area contributed by atoms with E-state index in [2.05, 4.69) is 5.92 Å². The molecule has 1 saturated carbocycles. The first kappa shape index (κ1) is 12.9. The largest absolute Gasteiger partial charge is 0.327 e. The SMILES string of the molecule is C#CCN(CC1CC1)C(=O)c1ccc(Cl)c(F)c1. The van der Waals surface area contributed by atoms with Crippen LogP contribution in [-0.4, -0.2) is 23.9 Å². The fourth-order valence-corrected chi connectivity index (χ4v) is 1.87. The van der Waals surface area contributed by atoms with Gasteiger partial charge in [0.2, 0.25) is 0 Å². The van der Waals surface area contributed by atoms with E-state index in [4.69, 9.17) is 18.0 Å². The van der Waals surface area contributed by atoms with Crippen LogP contribution < -0.4 is 0 Å². The molecule has 2 nitrogen and oxygen atoms in total. The zero-order chi connectivity index (χ0) is 13.1. The highest BCUT2D eigenvalue weighted by molar-refractivity contribution is 6.30. The van der Waals surface area contributed by atoms with Crippen LogP contribution in [0.4, 0.5) is 4.39 Å². The van der Waals surface area contributed by atoms with Crippen LogP contribution >= 0.6 is 11.6 Å². The van der Waals surface area contributed by atoms with Gasteiger partial charge in [-0.05, 0) is 37.0 Å². The van der Waals surface area contributed by atoms with Crippen molar-refractivity contribution in [2.24, 2.45) is 5.92 Å². The van der Waals surface area contributed by atoms with Gasteiger partial charge in [0.15, 0.2) is 0 Å². The summed E-state index contributed by atoms with van der Waals surface area (Å²) in [5.41, 5.74) is 0.285. The molecule has 0 radical (unpaired) electrons. The Morgan fingerprint density at radius 2 is 2.28 bits per heavy atom. The number of rotatable bonds is 4. The lowest BCUT2D eigenvalue weighted by Crippen LogP contribution is -2.33. The number of halogens is 2. The zero-order valence-electron chi connectivity index (χ0n) is 9.83. The predicted molar refractivity (Wildman–Crippen MR) is 68.9 cm³/mol. The van der Waals surface area contributed by atoms with Crippen molar-refractivity contribution in [3.63, 3.8) is 0 Å². The third-order valence-corrected chi connectivity index (χ3v) is 3.22. The number of hydrogen-bond donors (Lipinski definition) is 0. The molecule has 18 heavy (non-hydrogen) atoms. The van der Waals surface area contributed by atoms with E-state index < -0.39 is 5.82 Å². The second-order valence-electron chi connectivity index (χ2n) is 4.46. The van der Waals surface area contributed by atoms with Gasteiger partial charge in [0.1, 0.15) is 5.82 Å². The van der Waals surface area contributed by atoms with Gasteiger partial charge in [0.25, 0.3) is 5.91 Å². The molecule has 0 bridgehead atoms. The predicted octanol–water partition coefficient (Wildman–Crippen LogP) is 2.96. The minimum atomic E-state index is -0.588. The van der Waals surface area contributed by atoms with Crippen LogP contribution in [0.3, 0.4) is 0 Å². The van der Waals surface area contributed by atoms with Gasteiger partial charge in [-0.25, -0.2) is 4.39 Å². The van der Waals surface area contributed by atoms with Crippen LogP contribution in [0.15, 0.2) is 18.2 Å². The molecule has 2 rings (SSSR count). The summed E-state index contributed by atoms with van der Waals surface area (Å²) >= 11 is 5.59. The Morgan fingerprint density at radius 3 is 2.83 bits per heavy atom. The zero-order valence-corrected chi connectivity index (χ0v) is 10.6. The Balaban J connectivity index is 2.15. The maximum atomic E-state index is 13.3. The van der Waals surface area contributed by atoms with Crippen molar-refractivity contribution in [3.8, 4) is 12.3 Å². The molecule has 94 valence electrons. The van der Waals surface area contributed by atoms with Gasteiger partial charge in [-0.3, -0.25) is 4.79 Å². The van der Waals surface area contributed by atoms with E-state index in [9.17, 15) is 9.18 Å². The lowest BCUT2D eigenvalue weighted by molar-refractivity contribution is 0.0769. The third-order valence-electron chi connectivity index (χ3n) is 2.91. The lowest BCUT2D eigenvalue weighted by atomic mass is 10.2. The van der Waals surface area contributed by atoms with E-state index in [1.165, 1.54) is 12.1 Å². The van der Waals surface area contributed by atoms with Gasteiger partial charge < -0.3 is 4.90 Å². The molecule has 1 aromatic rings. The Bertz CT molecular complexity index is 505. The van der Waals surface area contributed by atoms with Crippen LogP contribution in [0.1, 0.15) is 23.2 Å². The number of amides is 1. The summed E-state index contributed by atoms with van der Waals surface area (Å²) in [6.45, 7) is 0.896. The standard InChI is InChI=1S/C14H13ClFNO/c1-2-7-17(9-10-3-4-10)14(18)11-5-6-12(15)13(16)8-11/h1,5-6,8,10H,3-4,7,9H2. The van der Waals surface area contributed by atoms with Crippen LogP contribution in [0.25, 0.3) is 0 Å². The number of terminal acetylenes is 1. The topological polar surface area (TPSA) is 20.3 Å². The fourth-order valence-electron chi connectivity index (χ4n) is 1.75. The van der Waals surface area contributed by atoms with E-state index >= 15 is 0 Å². The highest BCUT2D eigenvalue weighted by Gasteiger charge is 2.27. The molecule has 4 heteroatoms. The van der Waals surface area contributed by atoms with E-state index in [1.54, 1.807) is 4.90 Å². The summed E-state index contributed by atoms with van der Waals surface area (Å²) in [5.74, 6) is 2.18. The fraction of sp³-hybridized carbons (Fsp3) is 0.357. The minimum absolute atomic E-state index is 0.0113. The third kappa shape index (κ3) is 3.02. The first-order valence-electron chi connectivity index (χ1n) is 5.79. The molecule has 0 aromatic heterocycles. The normalized spacial score (nSPS) is 14.1. The maximum absolute atomic E-state index is 13.3. The molecule has 0 spiro atoms. The number of nitrogens with zero attached hydrogens (tertiary/aromatic N) is 1. The molecular weight excluding hydrogens is 253 g/mol. The molecule has 1 aliphatic carbocycles. The van der Waals surface area contributed by atoms with E-state index in [0.29, 0.717) is 12.5 Å². The average Bonchev–Trinajstić information content (AvgIpc) is 3.15. The quantitative estimate of drug-likeness (QED) is 0.767. The molecule has 0 heterocycles. The van der Waals surface area contributed by atoms with Crippen molar-refractivity contribution in [2.45, 2.75) is 12.8 Å². The average molecular weight is 266 g/mol. The number of carbonyl (C=O) groups is 1. The van der Waals surface area contributed by atoms with Crippen LogP contribution in [-0.2, 0) is 0 Å². The monoisotopic (exact) mass is 265 g/mol. The van der Waals surface area contributed by atoms with Gasteiger partial charge in [-0.15, -0.1) is 6.42 Å². The molecular formula is C14H13ClFNO. The molecule has 1 amide bonds. The number of carbonyl (C=O) groups excluding carboxylic acids is 1. The smallest absolute Gasteiger partial charge is 0.254 e. The highest BCUT2D eigenvalue weighted by atomic mass is 35.5. The minimum Gasteiger partial charge on any atom is -0.327 e. The molecule has 0 saturated heterocycles.